The fourth-order valence-corrected chi connectivity index (χ4v) is 2.89. The zero-order valence-corrected chi connectivity index (χ0v) is 10.5. The van der Waals surface area contributed by atoms with Crippen LogP contribution in [0.4, 0.5) is 5.69 Å². The molecule has 1 aromatic rings. The summed E-state index contributed by atoms with van der Waals surface area (Å²) in [6.07, 6.45) is -0.397. The van der Waals surface area contributed by atoms with E-state index in [-0.39, 0.29) is 17.0 Å². The number of benzene rings is 1. The second-order valence-electron chi connectivity index (χ2n) is 4.03. The van der Waals surface area contributed by atoms with Gasteiger partial charge in [-0.05, 0) is 23.6 Å². The molecule has 0 saturated carbocycles. The van der Waals surface area contributed by atoms with Crippen LogP contribution in [-0.4, -0.2) is 16.8 Å². The van der Waals surface area contributed by atoms with Gasteiger partial charge < -0.3 is 15.9 Å². The lowest BCUT2D eigenvalue weighted by atomic mass is 9.94. The van der Waals surface area contributed by atoms with Gasteiger partial charge in [0.05, 0.1) is 0 Å². The van der Waals surface area contributed by atoms with Crippen LogP contribution in [0.25, 0.3) is 0 Å². The number of halogens is 2. The number of rotatable bonds is 2. The van der Waals surface area contributed by atoms with Crippen LogP contribution < -0.4 is 5.73 Å². The van der Waals surface area contributed by atoms with Crippen molar-refractivity contribution >= 4 is 28.9 Å². The molecule has 0 saturated heterocycles. The van der Waals surface area contributed by atoms with Gasteiger partial charge in [0, 0.05) is 23.8 Å². The molecule has 92 valence electrons. The quantitative estimate of drug-likeness (QED) is 0.726. The van der Waals surface area contributed by atoms with Gasteiger partial charge in [-0.25, -0.2) is 0 Å². The van der Waals surface area contributed by atoms with Gasteiger partial charge in [0.1, 0.15) is 10.6 Å². The van der Waals surface area contributed by atoms with Gasteiger partial charge in [-0.1, -0.05) is 35.3 Å². The number of nitrogens with two attached hydrogens (primary N) is 1. The van der Waals surface area contributed by atoms with E-state index in [1.165, 1.54) is 0 Å². The van der Waals surface area contributed by atoms with Crippen molar-refractivity contribution in [3.63, 3.8) is 0 Å². The number of hydrogen-bond donors (Lipinski definition) is 3. The Morgan fingerprint density at radius 2 is 2.06 bits per heavy atom. The van der Waals surface area contributed by atoms with Crippen molar-refractivity contribution in [3.8, 4) is 0 Å². The number of aliphatic hydroxyl groups excluding tert-OH is 2. The molecule has 2 rings (SSSR count). The van der Waals surface area contributed by atoms with E-state index in [1.807, 2.05) is 0 Å². The Hall–Kier alpha value is -0.740. The van der Waals surface area contributed by atoms with E-state index in [2.05, 4.69) is 0 Å². The van der Waals surface area contributed by atoms with Crippen molar-refractivity contribution < 1.29 is 10.2 Å². The maximum Gasteiger partial charge on any atom is 0.109 e. The molecule has 0 radical (unpaired) electrons. The standard InChI is InChI=1S/C12H13Cl2NO2/c13-12(14)10-6(4-5-16)9-7(11(10)17)2-1-3-8(9)15/h1-3,6,11,16-17H,4-5,15H2. The fourth-order valence-electron chi connectivity index (χ4n) is 2.42. The van der Waals surface area contributed by atoms with Crippen LogP contribution in [0.3, 0.4) is 0 Å². The Balaban J connectivity index is 2.60. The Bertz CT molecular complexity index is 470. The molecule has 0 spiro atoms. The molecule has 0 bridgehead atoms. The van der Waals surface area contributed by atoms with Gasteiger partial charge in [-0.2, -0.15) is 0 Å². The average molecular weight is 274 g/mol. The molecule has 1 aliphatic rings. The summed E-state index contributed by atoms with van der Waals surface area (Å²) >= 11 is 11.6. The summed E-state index contributed by atoms with van der Waals surface area (Å²) in [7, 11) is 0. The predicted molar refractivity (Wildman–Crippen MR) is 69.0 cm³/mol. The van der Waals surface area contributed by atoms with Crippen LogP contribution in [0.2, 0.25) is 0 Å². The molecule has 2 atom stereocenters. The summed E-state index contributed by atoms with van der Waals surface area (Å²) < 4.78 is 0.0477. The van der Waals surface area contributed by atoms with Crippen LogP contribution >= 0.6 is 23.2 Å². The molecule has 5 heteroatoms. The van der Waals surface area contributed by atoms with Crippen LogP contribution in [0.1, 0.15) is 29.6 Å². The van der Waals surface area contributed by atoms with Crippen molar-refractivity contribution in [1.29, 1.82) is 0 Å². The molecule has 0 amide bonds. The largest absolute Gasteiger partial charge is 0.398 e. The highest BCUT2D eigenvalue weighted by atomic mass is 35.5. The zero-order valence-electron chi connectivity index (χ0n) is 9.03. The minimum atomic E-state index is -0.838. The summed E-state index contributed by atoms with van der Waals surface area (Å²) in [6, 6.07) is 5.34. The highest BCUT2D eigenvalue weighted by Crippen LogP contribution is 2.51. The van der Waals surface area contributed by atoms with Gasteiger partial charge in [0.15, 0.2) is 0 Å². The molecule has 0 fully saturated rings. The van der Waals surface area contributed by atoms with Crippen molar-refractivity contribution in [2.45, 2.75) is 18.4 Å². The summed E-state index contributed by atoms with van der Waals surface area (Å²) in [5.74, 6) is -0.212. The van der Waals surface area contributed by atoms with Gasteiger partial charge in [-0.15, -0.1) is 0 Å². The van der Waals surface area contributed by atoms with Crippen LogP contribution in [0.15, 0.2) is 28.3 Å². The minimum absolute atomic E-state index is 0.0181. The van der Waals surface area contributed by atoms with Gasteiger partial charge in [0.2, 0.25) is 0 Å². The Morgan fingerprint density at radius 3 is 2.65 bits per heavy atom. The SMILES string of the molecule is Nc1cccc2c1C(CCO)C(=C(Cl)Cl)C2O. The van der Waals surface area contributed by atoms with E-state index >= 15 is 0 Å². The van der Waals surface area contributed by atoms with Crippen LogP contribution in [0.5, 0.6) is 0 Å². The van der Waals surface area contributed by atoms with Crippen molar-refractivity contribution in [2.75, 3.05) is 12.3 Å². The second kappa shape index (κ2) is 4.86. The summed E-state index contributed by atoms with van der Waals surface area (Å²) in [4.78, 5) is 0. The Morgan fingerprint density at radius 1 is 1.35 bits per heavy atom. The first-order chi connectivity index (χ1) is 8.07. The molecule has 1 aromatic carbocycles. The van der Waals surface area contributed by atoms with Crippen molar-refractivity contribution in [1.82, 2.24) is 0 Å². The van der Waals surface area contributed by atoms with Gasteiger partial charge in [-0.3, -0.25) is 0 Å². The van der Waals surface area contributed by atoms with Crippen LogP contribution in [-0.2, 0) is 0 Å². The zero-order chi connectivity index (χ0) is 12.6. The third-order valence-electron chi connectivity index (χ3n) is 3.12. The molecular weight excluding hydrogens is 261 g/mol. The molecule has 0 aromatic heterocycles. The molecular formula is C12H13Cl2NO2. The summed E-state index contributed by atoms with van der Waals surface area (Å²) in [5.41, 5.74) is 8.57. The monoisotopic (exact) mass is 273 g/mol. The first-order valence-electron chi connectivity index (χ1n) is 5.30. The van der Waals surface area contributed by atoms with E-state index in [0.717, 1.165) is 11.1 Å². The number of aliphatic hydroxyl groups is 2. The third-order valence-corrected chi connectivity index (χ3v) is 3.56. The molecule has 2 unspecified atom stereocenters. The smallest absolute Gasteiger partial charge is 0.109 e. The lowest BCUT2D eigenvalue weighted by Crippen LogP contribution is -2.04. The lowest BCUT2D eigenvalue weighted by Gasteiger charge is -2.14. The Kier molecular flexibility index (Phi) is 3.64. The molecule has 0 aliphatic heterocycles. The molecule has 4 N–H and O–H groups in total. The number of anilines is 1. The normalized spacial score (nSPS) is 22.7. The summed E-state index contributed by atoms with van der Waals surface area (Å²) in [6.45, 7) is -0.0181. The molecule has 17 heavy (non-hydrogen) atoms. The maximum absolute atomic E-state index is 10.2. The first kappa shape index (κ1) is 12.7. The van der Waals surface area contributed by atoms with Crippen molar-refractivity contribution in [2.24, 2.45) is 0 Å². The maximum atomic E-state index is 10.2. The molecule has 1 aliphatic carbocycles. The topological polar surface area (TPSA) is 66.5 Å². The lowest BCUT2D eigenvalue weighted by molar-refractivity contribution is 0.214. The number of hydrogen-bond acceptors (Lipinski definition) is 3. The van der Waals surface area contributed by atoms with E-state index < -0.39 is 6.10 Å². The number of nitrogen functional groups attached to an aromatic ring is 1. The minimum Gasteiger partial charge on any atom is -0.398 e. The van der Waals surface area contributed by atoms with Crippen molar-refractivity contribution in [3.05, 3.63) is 39.4 Å². The van der Waals surface area contributed by atoms with Crippen LogP contribution in [0, 0.1) is 0 Å². The van der Waals surface area contributed by atoms with E-state index in [9.17, 15) is 5.11 Å². The van der Waals surface area contributed by atoms with E-state index in [4.69, 9.17) is 34.0 Å². The van der Waals surface area contributed by atoms with Gasteiger partial charge >= 0.3 is 0 Å². The number of fused-ring (bicyclic) bond motifs is 1. The fraction of sp³-hybridized carbons (Fsp3) is 0.333. The Labute approximate surface area is 109 Å². The van der Waals surface area contributed by atoms with Gasteiger partial charge in [0.25, 0.3) is 0 Å². The predicted octanol–water partition coefficient (Wildman–Crippen LogP) is 2.47. The van der Waals surface area contributed by atoms with E-state index in [1.54, 1.807) is 18.2 Å². The molecule has 0 heterocycles. The second-order valence-corrected chi connectivity index (χ2v) is 4.98. The summed E-state index contributed by atoms with van der Waals surface area (Å²) in [5, 5.41) is 19.3. The highest BCUT2D eigenvalue weighted by Gasteiger charge is 2.37. The molecule has 3 nitrogen and oxygen atoms in total. The average Bonchev–Trinajstić information content (AvgIpc) is 2.54. The third kappa shape index (κ3) is 2.04. The first-order valence-corrected chi connectivity index (χ1v) is 6.05. The highest BCUT2D eigenvalue weighted by molar-refractivity contribution is 6.56. The van der Waals surface area contributed by atoms with E-state index in [0.29, 0.717) is 17.7 Å².